The Morgan fingerprint density at radius 2 is 1.73 bits per heavy atom. The van der Waals surface area contributed by atoms with Crippen molar-refractivity contribution in [1.82, 2.24) is 5.32 Å². The molecule has 3 rings (SSSR count). The summed E-state index contributed by atoms with van der Waals surface area (Å²) < 4.78 is 27.7. The Morgan fingerprint density at radius 1 is 1.07 bits per heavy atom. The minimum absolute atomic E-state index is 0.175. The van der Waals surface area contributed by atoms with E-state index in [4.69, 9.17) is 0 Å². The number of anilines is 1. The summed E-state index contributed by atoms with van der Waals surface area (Å²) in [7, 11) is -3.85. The molecule has 1 aliphatic carbocycles. The Labute approximate surface area is 184 Å². The van der Waals surface area contributed by atoms with Crippen molar-refractivity contribution in [3.63, 3.8) is 0 Å². The maximum absolute atomic E-state index is 13.3. The van der Waals surface area contributed by atoms with Crippen molar-refractivity contribution >= 4 is 33.4 Å². The number of benzene rings is 2. The minimum atomic E-state index is -3.85. The lowest BCUT2D eigenvalue weighted by molar-refractivity contribution is -0.119. The first-order valence-corrected chi connectivity index (χ1v) is 13.0. The molecular weight excluding hydrogens is 416 g/mol. The van der Waals surface area contributed by atoms with E-state index in [1.165, 1.54) is 30.0 Å². The van der Waals surface area contributed by atoms with Gasteiger partial charge in [-0.25, -0.2) is 8.42 Å². The van der Waals surface area contributed by atoms with Crippen LogP contribution in [0.3, 0.4) is 0 Å². The van der Waals surface area contributed by atoms with Crippen molar-refractivity contribution in [1.29, 1.82) is 0 Å². The molecule has 0 heterocycles. The summed E-state index contributed by atoms with van der Waals surface area (Å²) in [6.07, 6.45) is 5.98. The third-order valence-corrected chi connectivity index (χ3v) is 8.50. The van der Waals surface area contributed by atoms with Gasteiger partial charge >= 0.3 is 0 Å². The molecule has 1 aliphatic rings. The van der Waals surface area contributed by atoms with E-state index < -0.39 is 10.0 Å². The SMILES string of the molecule is CCc1ccc(N(CC(=O)NCCSC2CCCC2)S(=O)(=O)c2ccccc2)cc1. The zero-order valence-electron chi connectivity index (χ0n) is 17.4. The van der Waals surface area contributed by atoms with Gasteiger partial charge in [0.15, 0.2) is 0 Å². The van der Waals surface area contributed by atoms with Crippen molar-refractivity contribution in [3.8, 4) is 0 Å². The van der Waals surface area contributed by atoms with Gasteiger partial charge in [0.1, 0.15) is 6.54 Å². The van der Waals surface area contributed by atoms with Gasteiger partial charge in [0.25, 0.3) is 10.0 Å². The van der Waals surface area contributed by atoms with Crippen LogP contribution >= 0.6 is 11.8 Å². The molecule has 0 aromatic heterocycles. The molecule has 5 nitrogen and oxygen atoms in total. The molecule has 0 saturated heterocycles. The second-order valence-electron chi connectivity index (χ2n) is 7.47. The molecule has 0 bridgehead atoms. The molecule has 0 aliphatic heterocycles. The summed E-state index contributed by atoms with van der Waals surface area (Å²) >= 11 is 1.90. The van der Waals surface area contributed by atoms with Crippen molar-refractivity contribution in [2.24, 2.45) is 0 Å². The fraction of sp³-hybridized carbons (Fsp3) is 0.435. The Hall–Kier alpha value is -1.99. The summed E-state index contributed by atoms with van der Waals surface area (Å²) in [4.78, 5) is 12.8. The van der Waals surface area contributed by atoms with Gasteiger partial charge in [-0.05, 0) is 49.1 Å². The van der Waals surface area contributed by atoms with Gasteiger partial charge in [-0.2, -0.15) is 11.8 Å². The van der Waals surface area contributed by atoms with E-state index in [1.54, 1.807) is 42.5 Å². The van der Waals surface area contributed by atoms with E-state index in [2.05, 4.69) is 5.32 Å². The molecule has 0 unspecified atom stereocenters. The van der Waals surface area contributed by atoms with Gasteiger partial charge in [0.2, 0.25) is 5.91 Å². The summed E-state index contributed by atoms with van der Waals surface area (Å²) in [6, 6.07) is 15.6. The quantitative estimate of drug-likeness (QED) is 0.555. The number of sulfonamides is 1. The van der Waals surface area contributed by atoms with E-state index in [-0.39, 0.29) is 17.3 Å². The highest BCUT2D eigenvalue weighted by molar-refractivity contribution is 7.99. The van der Waals surface area contributed by atoms with Crippen LogP contribution < -0.4 is 9.62 Å². The first-order valence-electron chi connectivity index (χ1n) is 10.6. The van der Waals surface area contributed by atoms with Gasteiger partial charge in [-0.1, -0.05) is 50.1 Å². The Bertz CT molecular complexity index is 909. The highest BCUT2D eigenvalue weighted by atomic mass is 32.2. The van der Waals surface area contributed by atoms with Gasteiger partial charge in [0.05, 0.1) is 10.6 Å². The molecule has 1 N–H and O–H groups in total. The lowest BCUT2D eigenvalue weighted by Crippen LogP contribution is -2.41. The van der Waals surface area contributed by atoms with Crippen LogP contribution in [0.1, 0.15) is 38.2 Å². The normalized spacial score (nSPS) is 14.6. The molecular formula is C23H30N2O3S2. The van der Waals surface area contributed by atoms with Crippen LogP contribution in [-0.2, 0) is 21.2 Å². The Balaban J connectivity index is 1.69. The second kappa shape index (κ2) is 10.9. The number of thioether (sulfide) groups is 1. The average molecular weight is 447 g/mol. The zero-order valence-corrected chi connectivity index (χ0v) is 19.1. The standard InChI is InChI=1S/C23H30N2O3S2/c1-2-19-12-14-20(15-13-19)25(30(27,28)22-10-4-3-5-11-22)18-23(26)24-16-17-29-21-8-6-7-9-21/h3-5,10-15,21H,2,6-9,16-18H2,1H3,(H,24,26). The molecule has 2 aromatic rings. The lowest BCUT2D eigenvalue weighted by Gasteiger charge is -2.24. The van der Waals surface area contributed by atoms with Gasteiger partial charge in [-0.15, -0.1) is 0 Å². The Kier molecular flexibility index (Phi) is 8.22. The van der Waals surface area contributed by atoms with Crippen LogP contribution in [0.25, 0.3) is 0 Å². The number of nitrogens with zero attached hydrogens (tertiary/aromatic N) is 1. The lowest BCUT2D eigenvalue weighted by atomic mass is 10.1. The number of aryl methyl sites for hydroxylation is 1. The predicted octanol–water partition coefficient (Wildman–Crippen LogP) is 4.24. The summed E-state index contributed by atoms with van der Waals surface area (Å²) in [5, 5.41) is 3.59. The number of hydrogen-bond acceptors (Lipinski definition) is 4. The Morgan fingerprint density at radius 3 is 2.37 bits per heavy atom. The van der Waals surface area contributed by atoms with Crippen LogP contribution in [0, 0.1) is 0 Å². The highest BCUT2D eigenvalue weighted by Gasteiger charge is 2.27. The number of nitrogens with one attached hydrogen (secondary N) is 1. The monoisotopic (exact) mass is 446 g/mol. The van der Waals surface area contributed by atoms with E-state index in [9.17, 15) is 13.2 Å². The van der Waals surface area contributed by atoms with Crippen molar-refractivity contribution < 1.29 is 13.2 Å². The van der Waals surface area contributed by atoms with E-state index in [1.807, 2.05) is 30.8 Å². The maximum atomic E-state index is 13.3. The number of hydrogen-bond donors (Lipinski definition) is 1. The van der Waals surface area contributed by atoms with Crippen LogP contribution in [0.4, 0.5) is 5.69 Å². The molecule has 1 saturated carbocycles. The van der Waals surface area contributed by atoms with Gasteiger partial charge < -0.3 is 5.32 Å². The maximum Gasteiger partial charge on any atom is 0.264 e. The first-order chi connectivity index (χ1) is 14.5. The number of amides is 1. The van der Waals surface area contributed by atoms with Crippen molar-refractivity contribution in [2.75, 3.05) is 23.1 Å². The second-order valence-corrected chi connectivity index (χ2v) is 10.7. The topological polar surface area (TPSA) is 66.5 Å². The third-order valence-electron chi connectivity index (χ3n) is 5.33. The highest BCUT2D eigenvalue weighted by Crippen LogP contribution is 2.29. The fourth-order valence-corrected chi connectivity index (χ4v) is 6.25. The fourth-order valence-electron chi connectivity index (χ4n) is 3.59. The molecule has 1 amide bonds. The van der Waals surface area contributed by atoms with Crippen LogP contribution in [0.15, 0.2) is 59.5 Å². The summed E-state index contributed by atoms with van der Waals surface area (Å²) in [6.45, 7) is 2.36. The van der Waals surface area contributed by atoms with Crippen LogP contribution in [0.2, 0.25) is 0 Å². The van der Waals surface area contributed by atoms with Crippen LogP contribution in [0.5, 0.6) is 0 Å². The average Bonchev–Trinajstić information content (AvgIpc) is 3.29. The molecule has 0 radical (unpaired) electrons. The predicted molar refractivity (Wildman–Crippen MR) is 125 cm³/mol. The molecule has 2 aromatic carbocycles. The minimum Gasteiger partial charge on any atom is -0.354 e. The van der Waals surface area contributed by atoms with Crippen molar-refractivity contribution in [2.45, 2.75) is 49.2 Å². The molecule has 162 valence electrons. The number of rotatable bonds is 10. The van der Waals surface area contributed by atoms with Crippen molar-refractivity contribution in [3.05, 3.63) is 60.2 Å². The first kappa shape index (κ1) is 22.7. The van der Waals surface area contributed by atoms with E-state index in [0.717, 1.165) is 17.7 Å². The zero-order chi connectivity index (χ0) is 21.4. The molecule has 0 spiro atoms. The molecule has 30 heavy (non-hydrogen) atoms. The van der Waals surface area contributed by atoms with E-state index in [0.29, 0.717) is 17.5 Å². The van der Waals surface area contributed by atoms with Crippen LogP contribution in [-0.4, -0.2) is 38.4 Å². The van der Waals surface area contributed by atoms with E-state index >= 15 is 0 Å². The van der Waals surface area contributed by atoms with Gasteiger partial charge in [-0.3, -0.25) is 9.10 Å². The number of carbonyl (C=O) groups excluding carboxylic acids is 1. The largest absolute Gasteiger partial charge is 0.354 e. The van der Waals surface area contributed by atoms with Gasteiger partial charge in [0, 0.05) is 17.5 Å². The molecule has 0 atom stereocenters. The molecule has 1 fully saturated rings. The summed E-state index contributed by atoms with van der Waals surface area (Å²) in [5.41, 5.74) is 1.61. The summed E-state index contributed by atoms with van der Waals surface area (Å²) in [5.74, 6) is 0.564. The smallest absolute Gasteiger partial charge is 0.264 e. The number of carbonyl (C=O) groups is 1. The third kappa shape index (κ3) is 6.01. The molecule has 7 heteroatoms.